The molecule has 0 spiro atoms. The Hall–Kier alpha value is -2.64. The van der Waals surface area contributed by atoms with Gasteiger partial charge in [-0.1, -0.05) is 6.07 Å². The Morgan fingerprint density at radius 2 is 1.61 bits per heavy atom. The molecule has 1 aliphatic rings. The normalized spacial score (nSPS) is 20.0. The lowest BCUT2D eigenvalue weighted by Gasteiger charge is -2.24. The minimum Gasteiger partial charge on any atom is -0.504 e. The smallest absolute Gasteiger partial charge is 0.200 e. The molecule has 28 heavy (non-hydrogen) atoms. The molecule has 2 aromatic carbocycles. The highest BCUT2D eigenvalue weighted by Crippen LogP contribution is 2.42. The second kappa shape index (κ2) is 8.58. The predicted octanol–water partition coefficient (Wildman–Crippen LogP) is 2.66. The number of phenols is 2. The highest BCUT2D eigenvalue weighted by molar-refractivity contribution is 5.53. The Labute approximate surface area is 164 Å². The van der Waals surface area contributed by atoms with Crippen molar-refractivity contribution < 1.29 is 34.3 Å². The number of rotatable bonds is 7. The van der Waals surface area contributed by atoms with Crippen LogP contribution < -0.4 is 14.2 Å². The molecule has 3 N–H and O–H groups in total. The van der Waals surface area contributed by atoms with Crippen molar-refractivity contribution >= 4 is 0 Å². The summed E-state index contributed by atoms with van der Waals surface area (Å²) >= 11 is 0. The van der Waals surface area contributed by atoms with Crippen LogP contribution in [0.4, 0.5) is 0 Å². The minimum absolute atomic E-state index is 0.0787. The highest BCUT2D eigenvalue weighted by Gasteiger charge is 2.35. The Bertz CT molecular complexity index is 795. The second-order valence-corrected chi connectivity index (χ2v) is 6.89. The number of hydrogen-bond acceptors (Lipinski definition) is 7. The van der Waals surface area contributed by atoms with Crippen LogP contribution in [0.1, 0.15) is 17.2 Å². The SMILES string of the molecule is COc1cc(CC2COCC2C(O)c2cc(OC)c(O)c(OC)c2)ccc1O. The van der Waals surface area contributed by atoms with Crippen LogP contribution in [0.15, 0.2) is 30.3 Å². The van der Waals surface area contributed by atoms with Crippen molar-refractivity contribution in [2.45, 2.75) is 12.5 Å². The fourth-order valence-corrected chi connectivity index (χ4v) is 3.66. The van der Waals surface area contributed by atoms with E-state index in [1.807, 2.05) is 6.07 Å². The van der Waals surface area contributed by atoms with Crippen LogP contribution in [0.5, 0.6) is 28.7 Å². The maximum Gasteiger partial charge on any atom is 0.200 e. The molecular formula is C21H26O7. The molecule has 0 radical (unpaired) electrons. The van der Waals surface area contributed by atoms with Crippen LogP contribution in [0.2, 0.25) is 0 Å². The van der Waals surface area contributed by atoms with Gasteiger partial charge in [-0.25, -0.2) is 0 Å². The topological polar surface area (TPSA) is 97.6 Å². The molecule has 3 unspecified atom stereocenters. The molecule has 1 saturated heterocycles. The molecular weight excluding hydrogens is 364 g/mol. The average molecular weight is 390 g/mol. The van der Waals surface area contributed by atoms with Crippen LogP contribution in [-0.4, -0.2) is 49.9 Å². The first-order valence-electron chi connectivity index (χ1n) is 9.05. The van der Waals surface area contributed by atoms with Crippen molar-refractivity contribution in [3.63, 3.8) is 0 Å². The van der Waals surface area contributed by atoms with E-state index in [-0.39, 0.29) is 34.8 Å². The Morgan fingerprint density at radius 1 is 0.964 bits per heavy atom. The standard InChI is InChI=1S/C21H26O7/c1-25-17-7-12(4-5-16(17)22)6-14-10-28-11-15(14)20(23)13-8-18(26-2)21(24)19(9-13)27-3/h4-5,7-9,14-15,20,22-24H,6,10-11H2,1-3H3. The minimum atomic E-state index is -0.810. The van der Waals surface area contributed by atoms with Gasteiger partial charge in [0.25, 0.3) is 0 Å². The number of aliphatic hydroxyl groups is 1. The van der Waals surface area contributed by atoms with Gasteiger partial charge in [-0.05, 0) is 47.7 Å². The molecule has 0 bridgehead atoms. The summed E-state index contributed by atoms with van der Waals surface area (Å²) in [5.74, 6) is 0.833. The highest BCUT2D eigenvalue weighted by atomic mass is 16.5. The third-order valence-electron chi connectivity index (χ3n) is 5.24. The van der Waals surface area contributed by atoms with Crippen molar-refractivity contribution in [1.29, 1.82) is 0 Å². The van der Waals surface area contributed by atoms with Crippen molar-refractivity contribution in [1.82, 2.24) is 0 Å². The van der Waals surface area contributed by atoms with Gasteiger partial charge in [0.2, 0.25) is 5.75 Å². The fourth-order valence-electron chi connectivity index (χ4n) is 3.66. The third-order valence-corrected chi connectivity index (χ3v) is 5.24. The first-order chi connectivity index (χ1) is 13.5. The molecule has 3 atom stereocenters. The number of methoxy groups -OCH3 is 3. The van der Waals surface area contributed by atoms with Gasteiger partial charge in [-0.3, -0.25) is 0 Å². The summed E-state index contributed by atoms with van der Waals surface area (Å²) in [6, 6.07) is 8.46. The first kappa shape index (κ1) is 20.1. The molecule has 2 aromatic rings. The van der Waals surface area contributed by atoms with Gasteiger partial charge >= 0.3 is 0 Å². The van der Waals surface area contributed by atoms with E-state index in [4.69, 9.17) is 18.9 Å². The molecule has 7 nitrogen and oxygen atoms in total. The van der Waals surface area contributed by atoms with E-state index in [1.54, 1.807) is 24.3 Å². The van der Waals surface area contributed by atoms with E-state index in [2.05, 4.69) is 0 Å². The van der Waals surface area contributed by atoms with Crippen LogP contribution in [0.25, 0.3) is 0 Å². The molecule has 0 saturated carbocycles. The third kappa shape index (κ3) is 3.95. The number of benzene rings is 2. The summed E-state index contributed by atoms with van der Waals surface area (Å²) in [5, 5.41) is 30.9. The zero-order valence-electron chi connectivity index (χ0n) is 16.2. The Kier molecular flexibility index (Phi) is 6.16. The number of aromatic hydroxyl groups is 2. The van der Waals surface area contributed by atoms with Crippen molar-refractivity contribution in [2.24, 2.45) is 11.8 Å². The van der Waals surface area contributed by atoms with Gasteiger partial charge in [-0.2, -0.15) is 0 Å². The Morgan fingerprint density at radius 3 is 2.21 bits per heavy atom. The molecule has 1 heterocycles. The number of aliphatic hydroxyl groups excluding tert-OH is 1. The largest absolute Gasteiger partial charge is 0.504 e. The fraction of sp³-hybridized carbons (Fsp3) is 0.429. The maximum absolute atomic E-state index is 11.0. The van der Waals surface area contributed by atoms with Crippen molar-refractivity contribution in [3.8, 4) is 28.7 Å². The molecule has 152 valence electrons. The molecule has 7 heteroatoms. The van der Waals surface area contributed by atoms with Gasteiger partial charge in [0, 0.05) is 5.92 Å². The van der Waals surface area contributed by atoms with E-state index in [0.717, 1.165) is 5.56 Å². The monoisotopic (exact) mass is 390 g/mol. The van der Waals surface area contributed by atoms with Crippen molar-refractivity contribution in [3.05, 3.63) is 41.5 Å². The summed E-state index contributed by atoms with van der Waals surface area (Å²) in [7, 11) is 4.41. The van der Waals surface area contributed by atoms with Gasteiger partial charge < -0.3 is 34.3 Å². The lowest BCUT2D eigenvalue weighted by molar-refractivity contribution is 0.0807. The molecule has 0 aliphatic carbocycles. The van der Waals surface area contributed by atoms with Crippen LogP contribution in [-0.2, 0) is 11.2 Å². The quantitative estimate of drug-likeness (QED) is 0.669. The molecule has 1 aliphatic heterocycles. The number of phenolic OH excluding ortho intramolecular Hbond substituents is 2. The van der Waals surface area contributed by atoms with Crippen LogP contribution in [0.3, 0.4) is 0 Å². The van der Waals surface area contributed by atoms with Crippen LogP contribution in [0, 0.1) is 11.8 Å². The maximum atomic E-state index is 11.0. The van der Waals surface area contributed by atoms with E-state index >= 15 is 0 Å². The van der Waals surface area contributed by atoms with Crippen molar-refractivity contribution in [2.75, 3.05) is 34.5 Å². The second-order valence-electron chi connectivity index (χ2n) is 6.89. The van der Waals surface area contributed by atoms with Gasteiger partial charge in [0.1, 0.15) is 0 Å². The summed E-state index contributed by atoms with van der Waals surface area (Å²) in [6.45, 7) is 0.948. The number of ether oxygens (including phenoxy) is 4. The first-order valence-corrected chi connectivity index (χ1v) is 9.05. The molecule has 0 aromatic heterocycles. The zero-order chi connectivity index (χ0) is 20.3. The van der Waals surface area contributed by atoms with E-state index < -0.39 is 6.10 Å². The van der Waals surface area contributed by atoms with Gasteiger partial charge in [0.05, 0.1) is 40.6 Å². The summed E-state index contributed by atoms with van der Waals surface area (Å²) in [6.07, 6.45) is -0.139. The van der Waals surface area contributed by atoms with E-state index in [0.29, 0.717) is 30.9 Å². The van der Waals surface area contributed by atoms with Gasteiger partial charge in [0.15, 0.2) is 23.0 Å². The molecule has 3 rings (SSSR count). The lowest BCUT2D eigenvalue weighted by atomic mass is 9.83. The predicted molar refractivity (Wildman–Crippen MR) is 102 cm³/mol. The lowest BCUT2D eigenvalue weighted by Crippen LogP contribution is -2.22. The zero-order valence-corrected chi connectivity index (χ0v) is 16.2. The number of hydrogen-bond donors (Lipinski definition) is 3. The average Bonchev–Trinajstić information content (AvgIpc) is 3.17. The molecule has 0 amide bonds. The van der Waals surface area contributed by atoms with E-state index in [1.165, 1.54) is 21.3 Å². The molecule has 1 fully saturated rings. The summed E-state index contributed by atoms with van der Waals surface area (Å²) < 4.78 is 21.2. The van der Waals surface area contributed by atoms with Crippen LogP contribution >= 0.6 is 0 Å². The van der Waals surface area contributed by atoms with E-state index in [9.17, 15) is 15.3 Å². The summed E-state index contributed by atoms with van der Waals surface area (Å²) in [4.78, 5) is 0. The Balaban J connectivity index is 1.82. The summed E-state index contributed by atoms with van der Waals surface area (Å²) in [5.41, 5.74) is 1.58. The van der Waals surface area contributed by atoms with Gasteiger partial charge in [-0.15, -0.1) is 0 Å².